The molecule has 3 aromatic rings. The summed E-state index contributed by atoms with van der Waals surface area (Å²) in [6, 6.07) is 4.11. The maximum absolute atomic E-state index is 12.5. The molecule has 0 bridgehead atoms. The van der Waals surface area contributed by atoms with Gasteiger partial charge in [0.2, 0.25) is 0 Å². The Morgan fingerprint density at radius 2 is 2.25 bits per heavy atom. The van der Waals surface area contributed by atoms with E-state index in [9.17, 15) is 4.79 Å². The van der Waals surface area contributed by atoms with Crippen LogP contribution in [0.3, 0.4) is 0 Å². The van der Waals surface area contributed by atoms with Gasteiger partial charge in [-0.3, -0.25) is 9.48 Å². The molecular formula is C16H17N5O2S. The van der Waals surface area contributed by atoms with Gasteiger partial charge in [-0.25, -0.2) is 4.98 Å². The van der Waals surface area contributed by atoms with E-state index in [1.807, 2.05) is 46.9 Å². The summed E-state index contributed by atoms with van der Waals surface area (Å²) >= 11 is 1.37. The first kappa shape index (κ1) is 15.1. The first-order valence-corrected chi connectivity index (χ1v) is 8.56. The maximum Gasteiger partial charge on any atom is 0.267 e. The van der Waals surface area contributed by atoms with E-state index in [1.54, 1.807) is 6.20 Å². The summed E-state index contributed by atoms with van der Waals surface area (Å²) < 4.78 is 9.12. The van der Waals surface area contributed by atoms with Crippen molar-refractivity contribution >= 4 is 22.9 Å². The van der Waals surface area contributed by atoms with E-state index in [1.165, 1.54) is 11.3 Å². The number of ether oxygens (including phenoxy) is 1. The normalized spacial score (nSPS) is 17.3. The van der Waals surface area contributed by atoms with Gasteiger partial charge in [-0.1, -0.05) is 11.3 Å². The zero-order valence-electron chi connectivity index (χ0n) is 13.2. The zero-order valence-corrected chi connectivity index (χ0v) is 14.0. The highest BCUT2D eigenvalue weighted by molar-refractivity contribution is 7.16. The van der Waals surface area contributed by atoms with Gasteiger partial charge in [0.05, 0.1) is 30.2 Å². The smallest absolute Gasteiger partial charge is 0.267 e. The highest BCUT2D eigenvalue weighted by Crippen LogP contribution is 2.24. The quantitative estimate of drug-likeness (QED) is 0.790. The van der Waals surface area contributed by atoms with Crippen LogP contribution in [0.5, 0.6) is 0 Å². The van der Waals surface area contributed by atoms with E-state index in [0.29, 0.717) is 17.2 Å². The van der Waals surface area contributed by atoms with Crippen LogP contribution in [-0.2, 0) is 4.74 Å². The van der Waals surface area contributed by atoms with Crippen LogP contribution in [-0.4, -0.2) is 38.5 Å². The molecule has 0 aliphatic carbocycles. The van der Waals surface area contributed by atoms with Crippen LogP contribution >= 0.6 is 11.3 Å². The van der Waals surface area contributed by atoms with Crippen molar-refractivity contribution in [1.82, 2.24) is 19.3 Å². The van der Waals surface area contributed by atoms with Crippen LogP contribution in [0.2, 0.25) is 0 Å². The SMILES string of the molecule is Cc1nc(-n2cccc2)sc1C(=O)Nc1cnn(C2CCOC2)c1. The number of anilines is 1. The average molecular weight is 343 g/mol. The van der Waals surface area contributed by atoms with Gasteiger partial charge in [0.1, 0.15) is 4.88 Å². The van der Waals surface area contributed by atoms with Gasteiger partial charge in [-0.15, -0.1) is 0 Å². The minimum Gasteiger partial charge on any atom is -0.379 e. The molecular weight excluding hydrogens is 326 g/mol. The Balaban J connectivity index is 1.50. The van der Waals surface area contributed by atoms with Gasteiger partial charge in [-0.2, -0.15) is 5.10 Å². The standard InChI is InChI=1S/C16H17N5O2S/c1-11-14(24-16(18-11)20-5-2-3-6-20)15(22)19-12-8-17-21(9-12)13-4-7-23-10-13/h2-3,5-6,8-9,13H,4,7,10H2,1H3,(H,19,22). The fourth-order valence-corrected chi connectivity index (χ4v) is 3.62. The highest BCUT2D eigenvalue weighted by Gasteiger charge is 2.20. The van der Waals surface area contributed by atoms with Gasteiger partial charge < -0.3 is 14.6 Å². The predicted molar refractivity (Wildman–Crippen MR) is 90.8 cm³/mol. The largest absolute Gasteiger partial charge is 0.379 e. The number of aromatic nitrogens is 4. The molecule has 1 saturated heterocycles. The number of carbonyl (C=O) groups excluding carboxylic acids is 1. The molecule has 1 atom stereocenters. The van der Waals surface area contributed by atoms with Crippen LogP contribution < -0.4 is 5.32 Å². The van der Waals surface area contributed by atoms with E-state index >= 15 is 0 Å². The summed E-state index contributed by atoms with van der Waals surface area (Å²) in [6.07, 6.45) is 8.28. The van der Waals surface area contributed by atoms with Gasteiger partial charge in [-0.05, 0) is 25.5 Å². The third-order valence-corrected chi connectivity index (χ3v) is 5.13. The number of thiazole rings is 1. The van der Waals surface area contributed by atoms with Crippen LogP contribution in [0.15, 0.2) is 36.9 Å². The van der Waals surface area contributed by atoms with E-state index in [4.69, 9.17) is 4.74 Å². The van der Waals surface area contributed by atoms with Crippen molar-refractivity contribution in [3.8, 4) is 5.13 Å². The molecule has 1 aliphatic rings. The Morgan fingerprint density at radius 3 is 3.00 bits per heavy atom. The summed E-state index contributed by atoms with van der Waals surface area (Å²) in [5.74, 6) is -0.161. The summed E-state index contributed by atoms with van der Waals surface area (Å²) in [5.41, 5.74) is 1.40. The fraction of sp³-hybridized carbons (Fsp3) is 0.312. The maximum atomic E-state index is 12.5. The Bertz CT molecular complexity index is 846. The van der Waals surface area contributed by atoms with Crippen LogP contribution in [0.25, 0.3) is 5.13 Å². The van der Waals surface area contributed by atoms with Crippen molar-refractivity contribution in [2.75, 3.05) is 18.5 Å². The lowest BCUT2D eigenvalue weighted by Crippen LogP contribution is -2.11. The number of rotatable bonds is 4. The molecule has 0 aromatic carbocycles. The number of carbonyl (C=O) groups is 1. The second-order valence-electron chi connectivity index (χ2n) is 5.68. The molecule has 7 nitrogen and oxygen atoms in total. The number of aryl methyl sites for hydroxylation is 1. The average Bonchev–Trinajstić information content (AvgIpc) is 3.34. The van der Waals surface area contributed by atoms with Gasteiger partial charge in [0.25, 0.3) is 5.91 Å². The van der Waals surface area contributed by atoms with Crippen molar-refractivity contribution in [3.05, 3.63) is 47.5 Å². The number of nitrogens with zero attached hydrogens (tertiary/aromatic N) is 4. The molecule has 4 heterocycles. The first-order valence-electron chi connectivity index (χ1n) is 7.75. The minimum absolute atomic E-state index is 0.161. The van der Waals surface area contributed by atoms with Gasteiger partial charge in [0, 0.05) is 25.2 Å². The molecule has 1 unspecified atom stereocenters. The number of nitrogens with one attached hydrogen (secondary N) is 1. The Morgan fingerprint density at radius 1 is 1.42 bits per heavy atom. The minimum atomic E-state index is -0.161. The molecule has 0 spiro atoms. The molecule has 3 aromatic heterocycles. The molecule has 0 radical (unpaired) electrons. The lowest BCUT2D eigenvalue weighted by molar-refractivity contribution is 0.103. The van der Waals surface area contributed by atoms with Crippen LogP contribution in [0.1, 0.15) is 27.8 Å². The summed E-state index contributed by atoms with van der Waals surface area (Å²) in [5, 5.41) is 8.00. The van der Waals surface area contributed by atoms with Gasteiger partial charge in [0.15, 0.2) is 5.13 Å². The monoisotopic (exact) mass is 343 g/mol. The van der Waals surface area contributed by atoms with E-state index < -0.39 is 0 Å². The fourth-order valence-electron chi connectivity index (χ4n) is 2.69. The van der Waals surface area contributed by atoms with Crippen molar-refractivity contribution < 1.29 is 9.53 Å². The molecule has 1 N–H and O–H groups in total. The third kappa shape index (κ3) is 2.85. The Labute approximate surface area is 142 Å². The molecule has 1 aliphatic heterocycles. The van der Waals surface area contributed by atoms with Crippen molar-refractivity contribution in [3.63, 3.8) is 0 Å². The topological polar surface area (TPSA) is 74.0 Å². The summed E-state index contributed by atoms with van der Waals surface area (Å²) in [6.45, 7) is 3.27. The predicted octanol–water partition coefficient (Wildman–Crippen LogP) is 2.65. The second kappa shape index (κ2) is 6.21. The van der Waals surface area contributed by atoms with Crippen LogP contribution in [0, 0.1) is 6.92 Å². The Kier molecular flexibility index (Phi) is 3.91. The molecule has 124 valence electrons. The molecule has 8 heteroatoms. The van der Waals surface area contributed by atoms with E-state index in [-0.39, 0.29) is 11.9 Å². The molecule has 1 amide bonds. The van der Waals surface area contributed by atoms with Crippen molar-refractivity contribution in [2.45, 2.75) is 19.4 Å². The zero-order chi connectivity index (χ0) is 16.5. The molecule has 4 rings (SSSR count). The van der Waals surface area contributed by atoms with Crippen LogP contribution in [0.4, 0.5) is 5.69 Å². The number of hydrogen-bond acceptors (Lipinski definition) is 5. The second-order valence-corrected chi connectivity index (χ2v) is 6.66. The van der Waals surface area contributed by atoms with E-state index in [2.05, 4.69) is 15.4 Å². The van der Waals surface area contributed by atoms with Crippen molar-refractivity contribution in [2.24, 2.45) is 0 Å². The van der Waals surface area contributed by atoms with E-state index in [0.717, 1.165) is 23.9 Å². The number of hydrogen-bond donors (Lipinski definition) is 1. The molecule has 0 saturated carbocycles. The van der Waals surface area contributed by atoms with Crippen molar-refractivity contribution in [1.29, 1.82) is 0 Å². The highest BCUT2D eigenvalue weighted by atomic mass is 32.1. The lowest BCUT2D eigenvalue weighted by atomic mass is 10.3. The lowest BCUT2D eigenvalue weighted by Gasteiger charge is -2.06. The molecule has 24 heavy (non-hydrogen) atoms. The third-order valence-electron chi connectivity index (χ3n) is 3.96. The summed E-state index contributed by atoms with van der Waals surface area (Å²) in [7, 11) is 0. The van der Waals surface area contributed by atoms with Gasteiger partial charge >= 0.3 is 0 Å². The Hall–Kier alpha value is -2.45. The first-order chi connectivity index (χ1) is 11.7. The summed E-state index contributed by atoms with van der Waals surface area (Å²) in [4.78, 5) is 17.6. The number of amides is 1. The molecule has 1 fully saturated rings.